The van der Waals surface area contributed by atoms with Crippen molar-refractivity contribution in [2.75, 3.05) is 13.1 Å². The quantitative estimate of drug-likeness (QED) is 0.511. The van der Waals surface area contributed by atoms with Crippen molar-refractivity contribution in [1.82, 2.24) is 10.3 Å². The van der Waals surface area contributed by atoms with Crippen molar-refractivity contribution in [2.45, 2.75) is 17.2 Å². The molecule has 0 bridgehead atoms. The van der Waals surface area contributed by atoms with Crippen molar-refractivity contribution in [3.8, 4) is 12.3 Å². The van der Waals surface area contributed by atoms with Gasteiger partial charge in [-0.2, -0.15) is 0 Å². The second-order valence-electron chi connectivity index (χ2n) is 3.05. The van der Waals surface area contributed by atoms with E-state index >= 15 is 0 Å². The van der Waals surface area contributed by atoms with Gasteiger partial charge in [-0.3, -0.25) is 0 Å². The lowest BCUT2D eigenvalue weighted by Gasteiger charge is -2.11. The highest BCUT2D eigenvalue weighted by Gasteiger charge is 2.07. The Morgan fingerprint density at radius 1 is 1.73 bits per heavy atom. The van der Waals surface area contributed by atoms with Crippen LogP contribution in [0.25, 0.3) is 0 Å². The molecule has 0 amide bonds. The van der Waals surface area contributed by atoms with E-state index in [1.165, 1.54) is 0 Å². The van der Waals surface area contributed by atoms with Gasteiger partial charge in [0.2, 0.25) is 0 Å². The van der Waals surface area contributed by atoms with E-state index in [-0.39, 0.29) is 0 Å². The van der Waals surface area contributed by atoms with Gasteiger partial charge in [0, 0.05) is 22.5 Å². The second-order valence-corrected chi connectivity index (χ2v) is 5.34. The first kappa shape index (κ1) is 12.6. The van der Waals surface area contributed by atoms with Gasteiger partial charge in [-0.1, -0.05) is 12.8 Å². The van der Waals surface area contributed by atoms with Gasteiger partial charge in [0.05, 0.1) is 6.54 Å². The molecule has 0 aliphatic heterocycles. The number of aromatic nitrogens is 1. The van der Waals surface area contributed by atoms with Crippen LogP contribution in [0.2, 0.25) is 0 Å². The number of rotatable bonds is 5. The van der Waals surface area contributed by atoms with Crippen molar-refractivity contribution in [3.63, 3.8) is 0 Å². The lowest BCUT2D eigenvalue weighted by atomic mass is 10.4. The molecule has 1 heterocycles. The van der Waals surface area contributed by atoms with Gasteiger partial charge in [0.25, 0.3) is 0 Å². The SMILES string of the molecule is C#CCNCC(C)Sc1ncccc1Br. The molecule has 0 aromatic carbocycles. The van der Waals surface area contributed by atoms with Crippen molar-refractivity contribution in [1.29, 1.82) is 0 Å². The van der Waals surface area contributed by atoms with Gasteiger partial charge in [-0.05, 0) is 28.1 Å². The van der Waals surface area contributed by atoms with E-state index in [4.69, 9.17) is 6.42 Å². The number of terminal acetylenes is 1. The maximum atomic E-state index is 5.15. The average Bonchev–Trinajstić information content (AvgIpc) is 2.22. The molecule has 2 nitrogen and oxygen atoms in total. The third-order valence-corrected chi connectivity index (χ3v) is 3.72. The third kappa shape index (κ3) is 4.70. The molecule has 15 heavy (non-hydrogen) atoms. The number of hydrogen-bond acceptors (Lipinski definition) is 3. The summed E-state index contributed by atoms with van der Waals surface area (Å²) in [6.45, 7) is 3.65. The Morgan fingerprint density at radius 3 is 3.20 bits per heavy atom. The zero-order valence-electron chi connectivity index (χ0n) is 8.53. The normalized spacial score (nSPS) is 12.1. The topological polar surface area (TPSA) is 24.9 Å². The molecule has 1 N–H and O–H groups in total. The number of halogens is 1. The molecule has 1 aromatic rings. The fraction of sp³-hybridized carbons (Fsp3) is 0.364. The minimum Gasteiger partial charge on any atom is -0.305 e. The molecule has 1 unspecified atom stereocenters. The van der Waals surface area contributed by atoms with Crippen molar-refractivity contribution < 1.29 is 0 Å². The molecule has 0 radical (unpaired) electrons. The maximum Gasteiger partial charge on any atom is 0.110 e. The molecule has 4 heteroatoms. The summed E-state index contributed by atoms with van der Waals surface area (Å²) in [6.07, 6.45) is 6.95. The monoisotopic (exact) mass is 284 g/mol. The van der Waals surface area contributed by atoms with E-state index in [9.17, 15) is 0 Å². The first-order valence-corrected chi connectivity index (χ1v) is 6.32. The van der Waals surface area contributed by atoms with Crippen LogP contribution in [0.15, 0.2) is 27.8 Å². The Hall–Kier alpha value is -0.500. The summed E-state index contributed by atoms with van der Waals surface area (Å²) in [5.74, 6) is 2.55. The summed E-state index contributed by atoms with van der Waals surface area (Å²) < 4.78 is 1.04. The average molecular weight is 285 g/mol. The fourth-order valence-corrected chi connectivity index (χ4v) is 2.46. The van der Waals surface area contributed by atoms with Crippen LogP contribution < -0.4 is 5.32 Å². The Balaban J connectivity index is 2.41. The lowest BCUT2D eigenvalue weighted by molar-refractivity contribution is 0.747. The Bertz CT molecular complexity index is 349. The molecular weight excluding hydrogens is 272 g/mol. The molecule has 0 fully saturated rings. The first-order chi connectivity index (χ1) is 7.24. The zero-order chi connectivity index (χ0) is 11.1. The lowest BCUT2D eigenvalue weighted by Crippen LogP contribution is -2.22. The molecule has 0 saturated carbocycles. The maximum absolute atomic E-state index is 5.15. The summed E-state index contributed by atoms with van der Waals surface area (Å²) in [7, 11) is 0. The third-order valence-electron chi connectivity index (χ3n) is 1.70. The number of hydrogen-bond donors (Lipinski definition) is 1. The number of nitrogens with one attached hydrogen (secondary N) is 1. The Labute approximate surface area is 103 Å². The van der Waals surface area contributed by atoms with Crippen LogP contribution in [-0.4, -0.2) is 23.3 Å². The molecule has 0 saturated heterocycles. The largest absolute Gasteiger partial charge is 0.305 e. The van der Waals surface area contributed by atoms with E-state index < -0.39 is 0 Å². The van der Waals surface area contributed by atoms with Gasteiger partial charge in [0.15, 0.2) is 0 Å². The van der Waals surface area contributed by atoms with Crippen LogP contribution in [0.4, 0.5) is 0 Å². The molecule has 1 atom stereocenters. The zero-order valence-corrected chi connectivity index (χ0v) is 10.9. The van der Waals surface area contributed by atoms with E-state index in [0.717, 1.165) is 16.0 Å². The van der Waals surface area contributed by atoms with E-state index in [0.29, 0.717) is 11.8 Å². The predicted molar refractivity (Wildman–Crippen MR) is 69.0 cm³/mol. The smallest absolute Gasteiger partial charge is 0.110 e. The number of pyridine rings is 1. The first-order valence-electron chi connectivity index (χ1n) is 4.65. The van der Waals surface area contributed by atoms with Crippen LogP contribution in [0.1, 0.15) is 6.92 Å². The molecule has 1 aromatic heterocycles. The van der Waals surface area contributed by atoms with Crippen molar-refractivity contribution in [3.05, 3.63) is 22.8 Å². The Morgan fingerprint density at radius 2 is 2.53 bits per heavy atom. The van der Waals surface area contributed by atoms with Crippen LogP contribution in [0.5, 0.6) is 0 Å². The highest BCUT2D eigenvalue weighted by atomic mass is 79.9. The minimum atomic E-state index is 0.449. The molecule has 80 valence electrons. The van der Waals surface area contributed by atoms with Crippen LogP contribution in [0, 0.1) is 12.3 Å². The predicted octanol–water partition coefficient (Wildman–Crippen LogP) is 2.55. The summed E-state index contributed by atoms with van der Waals surface area (Å²) in [5, 5.41) is 4.64. The summed E-state index contributed by atoms with van der Waals surface area (Å²) in [6, 6.07) is 3.91. The van der Waals surface area contributed by atoms with Crippen LogP contribution in [0.3, 0.4) is 0 Å². The standard InChI is InChI=1S/C11H13BrN2S/c1-3-6-13-8-9(2)15-11-10(12)5-4-7-14-11/h1,4-5,7,9,13H,6,8H2,2H3. The minimum absolute atomic E-state index is 0.449. The van der Waals surface area contributed by atoms with Crippen molar-refractivity contribution >= 4 is 27.7 Å². The molecule has 0 aliphatic carbocycles. The van der Waals surface area contributed by atoms with E-state index in [1.807, 2.05) is 12.1 Å². The Kier molecular flexibility index (Phi) is 5.77. The van der Waals surface area contributed by atoms with Gasteiger partial charge < -0.3 is 5.32 Å². The summed E-state index contributed by atoms with van der Waals surface area (Å²) >= 11 is 5.20. The van der Waals surface area contributed by atoms with Gasteiger partial charge >= 0.3 is 0 Å². The highest BCUT2D eigenvalue weighted by Crippen LogP contribution is 2.27. The summed E-state index contributed by atoms with van der Waals surface area (Å²) in [4.78, 5) is 4.29. The number of nitrogens with zero attached hydrogens (tertiary/aromatic N) is 1. The summed E-state index contributed by atoms with van der Waals surface area (Å²) in [5.41, 5.74) is 0. The fourth-order valence-electron chi connectivity index (χ4n) is 1.04. The van der Waals surface area contributed by atoms with Gasteiger partial charge in [0.1, 0.15) is 5.03 Å². The number of thioether (sulfide) groups is 1. The molecule has 1 rings (SSSR count). The second kappa shape index (κ2) is 6.89. The van der Waals surface area contributed by atoms with E-state index in [2.05, 4.69) is 39.1 Å². The molecule has 0 aliphatic rings. The van der Waals surface area contributed by atoms with Gasteiger partial charge in [-0.15, -0.1) is 18.2 Å². The van der Waals surface area contributed by atoms with Crippen molar-refractivity contribution in [2.24, 2.45) is 0 Å². The van der Waals surface area contributed by atoms with Gasteiger partial charge in [-0.25, -0.2) is 4.98 Å². The van der Waals surface area contributed by atoms with Crippen LogP contribution >= 0.6 is 27.7 Å². The highest BCUT2D eigenvalue weighted by molar-refractivity contribution is 9.10. The van der Waals surface area contributed by atoms with Crippen LogP contribution in [-0.2, 0) is 0 Å². The molecular formula is C11H13BrN2S. The molecule has 0 spiro atoms. The van der Waals surface area contributed by atoms with E-state index in [1.54, 1.807) is 18.0 Å².